The second-order valence-electron chi connectivity index (χ2n) is 3.92. The Labute approximate surface area is 105 Å². The molecule has 1 aromatic rings. The largest absolute Gasteiger partial charge is 0.480 e. The number of aryl methyl sites for hydroxylation is 1. The molecule has 0 fully saturated rings. The first-order valence-corrected chi connectivity index (χ1v) is 6.46. The van der Waals surface area contributed by atoms with Gasteiger partial charge in [-0.25, -0.2) is 4.79 Å². The van der Waals surface area contributed by atoms with E-state index < -0.39 is 12.0 Å². The van der Waals surface area contributed by atoms with Crippen molar-refractivity contribution >= 4 is 23.2 Å². The first kappa shape index (κ1) is 13.7. The maximum Gasteiger partial charge on any atom is 0.326 e. The van der Waals surface area contributed by atoms with Gasteiger partial charge >= 0.3 is 5.97 Å². The highest BCUT2D eigenvalue weighted by Gasteiger charge is 2.20. The summed E-state index contributed by atoms with van der Waals surface area (Å²) < 4.78 is 0. The highest BCUT2D eigenvalue weighted by atomic mass is 32.1. The summed E-state index contributed by atoms with van der Waals surface area (Å²) >= 11 is 1.37. The van der Waals surface area contributed by atoms with Crippen LogP contribution in [0, 0.1) is 6.92 Å². The third kappa shape index (κ3) is 4.19. The molecule has 0 saturated heterocycles. The van der Waals surface area contributed by atoms with Crippen molar-refractivity contribution in [2.24, 2.45) is 0 Å². The molecule has 0 unspecified atom stereocenters. The van der Waals surface area contributed by atoms with Crippen LogP contribution in [0.25, 0.3) is 0 Å². The lowest BCUT2D eigenvalue weighted by molar-refractivity contribution is -0.139. The van der Waals surface area contributed by atoms with Crippen LogP contribution in [0.5, 0.6) is 0 Å². The summed E-state index contributed by atoms with van der Waals surface area (Å²) in [6.07, 6.45) is 2.18. The third-order valence-electron chi connectivity index (χ3n) is 2.41. The van der Waals surface area contributed by atoms with Crippen LogP contribution in [0.15, 0.2) is 12.1 Å². The maximum atomic E-state index is 11.8. The first-order chi connectivity index (χ1) is 8.04. The van der Waals surface area contributed by atoms with Gasteiger partial charge in [-0.2, -0.15) is 0 Å². The van der Waals surface area contributed by atoms with Gasteiger partial charge in [-0.1, -0.05) is 19.8 Å². The number of aliphatic carboxylic acids is 1. The molecule has 0 radical (unpaired) electrons. The van der Waals surface area contributed by atoms with Crippen LogP contribution in [-0.4, -0.2) is 23.0 Å². The molecule has 1 heterocycles. The molecule has 0 bridgehead atoms. The molecule has 0 aliphatic rings. The fourth-order valence-corrected chi connectivity index (χ4v) is 2.22. The van der Waals surface area contributed by atoms with E-state index >= 15 is 0 Å². The van der Waals surface area contributed by atoms with Crippen LogP contribution in [0.3, 0.4) is 0 Å². The first-order valence-electron chi connectivity index (χ1n) is 5.64. The topological polar surface area (TPSA) is 66.4 Å². The minimum atomic E-state index is -0.972. The van der Waals surface area contributed by atoms with Crippen molar-refractivity contribution in [2.75, 3.05) is 0 Å². The molecule has 94 valence electrons. The Morgan fingerprint density at radius 3 is 2.65 bits per heavy atom. The summed E-state index contributed by atoms with van der Waals surface area (Å²) in [5.41, 5.74) is 0. The van der Waals surface area contributed by atoms with Gasteiger partial charge < -0.3 is 10.4 Å². The molecule has 1 atom stereocenters. The van der Waals surface area contributed by atoms with E-state index in [4.69, 9.17) is 5.11 Å². The molecule has 5 heteroatoms. The van der Waals surface area contributed by atoms with Gasteiger partial charge in [-0.3, -0.25) is 4.79 Å². The van der Waals surface area contributed by atoms with Crippen molar-refractivity contribution in [3.63, 3.8) is 0 Å². The molecule has 0 aliphatic heterocycles. The van der Waals surface area contributed by atoms with E-state index in [0.717, 1.165) is 17.7 Å². The highest BCUT2D eigenvalue weighted by Crippen LogP contribution is 2.15. The van der Waals surface area contributed by atoms with Gasteiger partial charge in [-0.05, 0) is 25.5 Å². The summed E-state index contributed by atoms with van der Waals surface area (Å²) in [4.78, 5) is 24.3. The van der Waals surface area contributed by atoms with Crippen LogP contribution in [0.4, 0.5) is 0 Å². The molecule has 1 rings (SSSR count). The molecule has 0 spiro atoms. The van der Waals surface area contributed by atoms with Gasteiger partial charge in [0.2, 0.25) is 0 Å². The Morgan fingerprint density at radius 1 is 1.47 bits per heavy atom. The number of hydrogen-bond donors (Lipinski definition) is 2. The standard InChI is InChI=1S/C12H17NO3S/c1-3-4-5-9(12(15)16)13-11(14)10-7-6-8(2)17-10/h6-7,9H,3-5H2,1-2H3,(H,13,14)(H,15,16)/t9-/m0/s1. The monoisotopic (exact) mass is 255 g/mol. The van der Waals surface area contributed by atoms with Crippen molar-refractivity contribution in [3.8, 4) is 0 Å². The number of carbonyl (C=O) groups excluding carboxylic acids is 1. The fourth-order valence-electron chi connectivity index (χ4n) is 1.45. The van der Waals surface area contributed by atoms with Crippen molar-refractivity contribution in [1.29, 1.82) is 0 Å². The molecule has 0 aromatic carbocycles. The van der Waals surface area contributed by atoms with Crippen molar-refractivity contribution < 1.29 is 14.7 Å². The summed E-state index contributed by atoms with van der Waals surface area (Å²) in [5, 5.41) is 11.5. The zero-order valence-electron chi connectivity index (χ0n) is 10.0. The average Bonchev–Trinajstić information content (AvgIpc) is 2.70. The zero-order valence-corrected chi connectivity index (χ0v) is 10.8. The second-order valence-corrected chi connectivity index (χ2v) is 5.20. The Kier molecular flexibility index (Phi) is 5.15. The highest BCUT2D eigenvalue weighted by molar-refractivity contribution is 7.13. The van der Waals surface area contributed by atoms with Gasteiger partial charge in [0, 0.05) is 4.88 Å². The predicted molar refractivity (Wildman–Crippen MR) is 67.5 cm³/mol. The van der Waals surface area contributed by atoms with E-state index in [1.165, 1.54) is 11.3 Å². The molecule has 1 aromatic heterocycles. The van der Waals surface area contributed by atoms with Gasteiger partial charge in [0.25, 0.3) is 5.91 Å². The molecule has 0 aliphatic carbocycles. The lowest BCUT2D eigenvalue weighted by Crippen LogP contribution is -2.40. The smallest absolute Gasteiger partial charge is 0.326 e. The summed E-state index contributed by atoms with van der Waals surface area (Å²) in [7, 11) is 0. The van der Waals surface area contributed by atoms with Gasteiger partial charge in [-0.15, -0.1) is 11.3 Å². The molecular formula is C12H17NO3S. The second kappa shape index (κ2) is 6.39. The van der Waals surface area contributed by atoms with E-state index in [2.05, 4.69) is 5.32 Å². The number of carbonyl (C=O) groups is 2. The number of carboxylic acids is 1. The lowest BCUT2D eigenvalue weighted by atomic mass is 10.1. The fraction of sp³-hybridized carbons (Fsp3) is 0.500. The Bertz CT molecular complexity index is 400. The van der Waals surface area contributed by atoms with Crippen LogP contribution < -0.4 is 5.32 Å². The molecule has 0 saturated carbocycles. The number of amides is 1. The van der Waals surface area contributed by atoms with Gasteiger partial charge in [0.1, 0.15) is 6.04 Å². The molecular weight excluding hydrogens is 238 g/mol. The number of carboxylic acid groups (broad SMARTS) is 1. The van der Waals surface area contributed by atoms with E-state index in [9.17, 15) is 9.59 Å². The summed E-state index contributed by atoms with van der Waals surface area (Å²) in [6.45, 7) is 3.90. The van der Waals surface area contributed by atoms with E-state index in [0.29, 0.717) is 11.3 Å². The van der Waals surface area contributed by atoms with Crippen LogP contribution >= 0.6 is 11.3 Å². The maximum absolute atomic E-state index is 11.8. The summed E-state index contributed by atoms with van der Waals surface area (Å²) in [6, 6.07) is 2.78. The lowest BCUT2D eigenvalue weighted by Gasteiger charge is -2.13. The number of nitrogens with one attached hydrogen (secondary N) is 1. The van der Waals surface area contributed by atoms with E-state index in [1.807, 2.05) is 19.9 Å². The van der Waals surface area contributed by atoms with Crippen LogP contribution in [-0.2, 0) is 4.79 Å². The number of rotatable bonds is 6. The number of unbranched alkanes of at least 4 members (excludes halogenated alkanes) is 1. The van der Waals surface area contributed by atoms with Crippen molar-refractivity contribution in [3.05, 3.63) is 21.9 Å². The van der Waals surface area contributed by atoms with E-state index in [-0.39, 0.29) is 5.91 Å². The third-order valence-corrected chi connectivity index (χ3v) is 3.41. The Hall–Kier alpha value is -1.36. The minimum absolute atomic E-state index is 0.299. The molecule has 2 N–H and O–H groups in total. The van der Waals surface area contributed by atoms with Gasteiger partial charge in [0.05, 0.1) is 4.88 Å². The molecule has 1 amide bonds. The molecule has 4 nitrogen and oxygen atoms in total. The SMILES string of the molecule is CCCC[C@H](NC(=O)c1ccc(C)s1)C(=O)O. The summed E-state index contributed by atoms with van der Waals surface area (Å²) in [5.74, 6) is -1.27. The van der Waals surface area contributed by atoms with Crippen molar-refractivity contribution in [1.82, 2.24) is 5.32 Å². The number of thiophene rings is 1. The van der Waals surface area contributed by atoms with E-state index in [1.54, 1.807) is 6.07 Å². The average molecular weight is 255 g/mol. The number of hydrogen-bond acceptors (Lipinski definition) is 3. The molecule has 17 heavy (non-hydrogen) atoms. The Balaban J connectivity index is 2.60. The normalized spacial score (nSPS) is 12.1. The quantitative estimate of drug-likeness (QED) is 0.820. The predicted octanol–water partition coefficient (Wildman–Crippen LogP) is 2.43. The van der Waals surface area contributed by atoms with Crippen molar-refractivity contribution in [2.45, 2.75) is 39.2 Å². The van der Waals surface area contributed by atoms with Crippen LogP contribution in [0.2, 0.25) is 0 Å². The zero-order chi connectivity index (χ0) is 12.8. The minimum Gasteiger partial charge on any atom is -0.480 e. The van der Waals surface area contributed by atoms with Crippen LogP contribution in [0.1, 0.15) is 40.7 Å². The Morgan fingerprint density at radius 2 is 2.18 bits per heavy atom. The van der Waals surface area contributed by atoms with Gasteiger partial charge in [0.15, 0.2) is 0 Å².